The van der Waals surface area contributed by atoms with Gasteiger partial charge in [-0.2, -0.15) is 0 Å². The fourth-order valence-corrected chi connectivity index (χ4v) is 2.27. The molecule has 1 aromatic rings. The first-order chi connectivity index (χ1) is 10.1. The van der Waals surface area contributed by atoms with E-state index in [1.54, 1.807) is 0 Å². The molecule has 0 fully saturated rings. The third-order valence-corrected chi connectivity index (χ3v) is 3.37. The molecule has 0 heterocycles. The third-order valence-electron chi connectivity index (χ3n) is 3.37. The van der Waals surface area contributed by atoms with Crippen molar-refractivity contribution in [2.75, 3.05) is 29.9 Å². The number of anilines is 2. The molecule has 1 atom stereocenters. The van der Waals surface area contributed by atoms with Crippen LogP contribution < -0.4 is 16.0 Å². The van der Waals surface area contributed by atoms with Gasteiger partial charge in [0.05, 0.1) is 6.61 Å². The number of nitrogens with zero attached hydrogens (tertiary/aromatic N) is 1. The molecule has 0 spiro atoms. The highest BCUT2D eigenvalue weighted by atomic mass is 16.3. The van der Waals surface area contributed by atoms with Crippen LogP contribution in [0.25, 0.3) is 0 Å². The number of aliphatic hydroxyl groups excluding tert-OH is 1. The van der Waals surface area contributed by atoms with Crippen molar-refractivity contribution in [1.29, 1.82) is 0 Å². The second-order valence-electron chi connectivity index (χ2n) is 5.15. The monoisotopic (exact) mass is 293 g/mol. The Morgan fingerprint density at radius 1 is 1.33 bits per heavy atom. The molecule has 0 aliphatic carbocycles. The van der Waals surface area contributed by atoms with Gasteiger partial charge in [-0.25, -0.2) is 0 Å². The van der Waals surface area contributed by atoms with Gasteiger partial charge in [-0.3, -0.25) is 4.79 Å². The number of nitrogens with one attached hydrogen (secondary N) is 1. The first kappa shape index (κ1) is 17.5. The van der Waals surface area contributed by atoms with Crippen LogP contribution in [0.5, 0.6) is 0 Å². The van der Waals surface area contributed by atoms with E-state index in [-0.39, 0.29) is 18.6 Å². The van der Waals surface area contributed by atoms with Crippen LogP contribution in [0.2, 0.25) is 0 Å². The van der Waals surface area contributed by atoms with Crippen molar-refractivity contribution in [2.24, 2.45) is 5.73 Å². The Labute approximate surface area is 127 Å². The van der Waals surface area contributed by atoms with Crippen LogP contribution in [-0.2, 0) is 4.79 Å². The van der Waals surface area contributed by atoms with Crippen molar-refractivity contribution >= 4 is 17.3 Å². The normalized spacial score (nSPS) is 12.0. The molecule has 5 heteroatoms. The smallest absolute Gasteiger partial charge is 0.225 e. The molecule has 1 rings (SSSR count). The number of hydrogen-bond acceptors (Lipinski definition) is 4. The Hall–Kier alpha value is -1.59. The zero-order valence-electron chi connectivity index (χ0n) is 13.0. The van der Waals surface area contributed by atoms with Gasteiger partial charge >= 0.3 is 0 Å². The first-order valence-electron chi connectivity index (χ1n) is 7.62. The van der Waals surface area contributed by atoms with Gasteiger partial charge in [0.1, 0.15) is 0 Å². The molecule has 4 N–H and O–H groups in total. The van der Waals surface area contributed by atoms with Gasteiger partial charge in [0.25, 0.3) is 0 Å². The van der Waals surface area contributed by atoms with Crippen molar-refractivity contribution in [2.45, 2.75) is 39.2 Å². The van der Waals surface area contributed by atoms with Crippen LogP contribution in [0.3, 0.4) is 0 Å². The van der Waals surface area contributed by atoms with Gasteiger partial charge in [-0.1, -0.05) is 13.3 Å². The number of hydrogen-bond donors (Lipinski definition) is 3. The van der Waals surface area contributed by atoms with Gasteiger partial charge in [0, 0.05) is 36.9 Å². The zero-order valence-corrected chi connectivity index (χ0v) is 13.0. The minimum absolute atomic E-state index is 0.0496. The molecule has 0 aliphatic heterocycles. The van der Waals surface area contributed by atoms with Crippen LogP contribution in [0.15, 0.2) is 24.3 Å². The van der Waals surface area contributed by atoms with E-state index in [4.69, 9.17) is 10.8 Å². The summed E-state index contributed by atoms with van der Waals surface area (Å²) in [7, 11) is 0. The molecule has 0 aromatic heterocycles. The summed E-state index contributed by atoms with van der Waals surface area (Å²) in [6.07, 6.45) is 2.20. The summed E-state index contributed by atoms with van der Waals surface area (Å²) in [5.41, 5.74) is 7.67. The van der Waals surface area contributed by atoms with Crippen molar-refractivity contribution in [3.63, 3.8) is 0 Å². The highest BCUT2D eigenvalue weighted by molar-refractivity contribution is 5.91. The minimum Gasteiger partial charge on any atom is -0.395 e. The number of carbonyl (C=O) groups excluding carboxylic acids is 1. The number of benzene rings is 1. The number of aliphatic hydroxyl groups is 1. The molecular weight excluding hydrogens is 266 g/mol. The standard InChI is InChI=1S/C16H27N3O2/c1-3-5-13(17)12-16(21)18-14-6-8-15(9-7-14)19(4-2)10-11-20/h6-9,13,20H,3-5,10-12,17H2,1-2H3,(H,18,21). The fourth-order valence-electron chi connectivity index (χ4n) is 2.27. The molecule has 0 bridgehead atoms. The second kappa shape index (κ2) is 9.37. The van der Waals surface area contributed by atoms with E-state index in [0.29, 0.717) is 13.0 Å². The summed E-state index contributed by atoms with van der Waals surface area (Å²) in [4.78, 5) is 13.9. The van der Waals surface area contributed by atoms with Crippen LogP contribution >= 0.6 is 0 Å². The van der Waals surface area contributed by atoms with Crippen molar-refractivity contribution in [1.82, 2.24) is 0 Å². The van der Waals surface area contributed by atoms with Gasteiger partial charge in [0.2, 0.25) is 5.91 Å². The van der Waals surface area contributed by atoms with Gasteiger partial charge in [-0.05, 0) is 37.6 Å². The van der Waals surface area contributed by atoms with E-state index in [1.165, 1.54) is 0 Å². The number of likely N-dealkylation sites (N-methyl/N-ethyl adjacent to an activating group) is 1. The molecule has 1 aromatic carbocycles. The van der Waals surface area contributed by atoms with Gasteiger partial charge < -0.3 is 21.1 Å². The second-order valence-corrected chi connectivity index (χ2v) is 5.15. The lowest BCUT2D eigenvalue weighted by atomic mass is 10.1. The molecule has 5 nitrogen and oxygen atoms in total. The molecule has 118 valence electrons. The average molecular weight is 293 g/mol. The largest absolute Gasteiger partial charge is 0.395 e. The van der Waals surface area contributed by atoms with Crippen LogP contribution in [0.1, 0.15) is 33.1 Å². The summed E-state index contributed by atoms with van der Waals surface area (Å²) >= 11 is 0. The van der Waals surface area contributed by atoms with E-state index in [9.17, 15) is 4.79 Å². The quantitative estimate of drug-likeness (QED) is 0.650. The molecular formula is C16H27N3O2. The Morgan fingerprint density at radius 3 is 2.52 bits per heavy atom. The molecule has 0 saturated heterocycles. The summed E-state index contributed by atoms with van der Waals surface area (Å²) in [5, 5.41) is 11.9. The number of carbonyl (C=O) groups is 1. The number of nitrogens with two attached hydrogens (primary N) is 1. The fraction of sp³-hybridized carbons (Fsp3) is 0.562. The predicted molar refractivity (Wildman–Crippen MR) is 87.5 cm³/mol. The van der Waals surface area contributed by atoms with E-state index in [2.05, 4.69) is 17.1 Å². The first-order valence-corrected chi connectivity index (χ1v) is 7.62. The highest BCUT2D eigenvalue weighted by Crippen LogP contribution is 2.18. The Balaban J connectivity index is 2.56. The molecule has 0 aliphatic rings. The summed E-state index contributed by atoms with van der Waals surface area (Å²) in [6.45, 7) is 5.66. The van der Waals surface area contributed by atoms with Crippen LogP contribution in [0, 0.1) is 0 Å². The summed E-state index contributed by atoms with van der Waals surface area (Å²) < 4.78 is 0. The Bertz CT molecular complexity index is 420. The Kier molecular flexibility index (Phi) is 7.79. The van der Waals surface area contributed by atoms with Crippen LogP contribution in [-0.4, -0.2) is 36.8 Å². The molecule has 1 unspecified atom stereocenters. The average Bonchev–Trinajstić information content (AvgIpc) is 2.45. The number of rotatable bonds is 9. The minimum atomic E-state index is -0.0746. The molecule has 0 saturated carbocycles. The third kappa shape index (κ3) is 6.14. The Morgan fingerprint density at radius 2 is 2.00 bits per heavy atom. The highest BCUT2D eigenvalue weighted by Gasteiger charge is 2.09. The van der Waals surface area contributed by atoms with E-state index in [1.807, 2.05) is 31.2 Å². The van der Waals surface area contributed by atoms with Crippen molar-refractivity contribution < 1.29 is 9.90 Å². The maximum Gasteiger partial charge on any atom is 0.225 e. The van der Waals surface area contributed by atoms with Crippen molar-refractivity contribution in [3.8, 4) is 0 Å². The lowest BCUT2D eigenvalue weighted by Gasteiger charge is -2.22. The zero-order chi connectivity index (χ0) is 15.7. The molecule has 21 heavy (non-hydrogen) atoms. The van der Waals surface area contributed by atoms with Crippen molar-refractivity contribution in [3.05, 3.63) is 24.3 Å². The topological polar surface area (TPSA) is 78.6 Å². The predicted octanol–water partition coefficient (Wildman–Crippen LogP) is 1.96. The maximum absolute atomic E-state index is 11.8. The van der Waals surface area contributed by atoms with E-state index < -0.39 is 0 Å². The van der Waals surface area contributed by atoms with Gasteiger partial charge in [-0.15, -0.1) is 0 Å². The lowest BCUT2D eigenvalue weighted by molar-refractivity contribution is -0.116. The lowest BCUT2D eigenvalue weighted by Crippen LogP contribution is -2.27. The molecule has 1 amide bonds. The van der Waals surface area contributed by atoms with E-state index >= 15 is 0 Å². The molecule has 0 radical (unpaired) electrons. The SMILES string of the molecule is CCCC(N)CC(=O)Nc1ccc(N(CC)CCO)cc1. The van der Waals surface area contributed by atoms with Crippen LogP contribution in [0.4, 0.5) is 11.4 Å². The van der Waals surface area contributed by atoms with Gasteiger partial charge in [0.15, 0.2) is 0 Å². The summed E-state index contributed by atoms with van der Waals surface area (Å²) in [5.74, 6) is -0.0496. The maximum atomic E-state index is 11.8. The summed E-state index contributed by atoms with van der Waals surface area (Å²) in [6, 6.07) is 7.56. The number of amides is 1. The van der Waals surface area contributed by atoms with E-state index in [0.717, 1.165) is 30.8 Å².